The van der Waals surface area contributed by atoms with Crippen molar-refractivity contribution in [3.05, 3.63) is 30.1 Å². The molecule has 102 valence electrons. The Morgan fingerprint density at radius 2 is 1.78 bits per heavy atom. The third-order valence-electron chi connectivity index (χ3n) is 3.46. The molecule has 0 heterocycles. The van der Waals surface area contributed by atoms with Gasteiger partial charge < -0.3 is 4.90 Å². The van der Waals surface area contributed by atoms with E-state index in [4.69, 9.17) is 0 Å². The van der Waals surface area contributed by atoms with Gasteiger partial charge in [0.2, 0.25) is 0 Å². The largest absolute Gasteiger partial charge is 0.371 e. The van der Waals surface area contributed by atoms with E-state index in [1.54, 1.807) is 0 Å². The van der Waals surface area contributed by atoms with Crippen molar-refractivity contribution in [1.29, 1.82) is 0 Å². The first-order valence-corrected chi connectivity index (χ1v) is 7.13. The third-order valence-corrected chi connectivity index (χ3v) is 3.90. The molecule has 1 nitrogen and oxygen atoms in total. The highest BCUT2D eigenvalue weighted by molar-refractivity contribution is 7.80. The Kier molecular flexibility index (Phi) is 5.51. The molecule has 0 bridgehead atoms. The van der Waals surface area contributed by atoms with E-state index >= 15 is 0 Å². The lowest BCUT2D eigenvalue weighted by atomic mass is 9.81. The van der Waals surface area contributed by atoms with Crippen LogP contribution < -0.4 is 4.90 Å². The summed E-state index contributed by atoms with van der Waals surface area (Å²) in [6.07, 6.45) is 0. The SMILES string of the molecule is CCN(CC(CS)C(C)(C)C)c1ccc(F)cc1. The molecule has 0 radical (unpaired) electrons. The zero-order valence-corrected chi connectivity index (χ0v) is 12.7. The minimum atomic E-state index is -0.184. The summed E-state index contributed by atoms with van der Waals surface area (Å²) in [6, 6.07) is 6.73. The number of halogens is 1. The number of thiol groups is 1. The Morgan fingerprint density at radius 1 is 1.22 bits per heavy atom. The minimum absolute atomic E-state index is 0.184. The first-order chi connectivity index (χ1) is 8.38. The van der Waals surface area contributed by atoms with Gasteiger partial charge in [0.15, 0.2) is 0 Å². The Hall–Kier alpha value is -0.700. The quantitative estimate of drug-likeness (QED) is 0.782. The molecule has 1 unspecified atom stereocenters. The summed E-state index contributed by atoms with van der Waals surface area (Å²) in [6.45, 7) is 10.7. The van der Waals surface area contributed by atoms with E-state index in [1.165, 1.54) is 12.1 Å². The number of benzene rings is 1. The summed E-state index contributed by atoms with van der Waals surface area (Å²) in [4.78, 5) is 2.28. The highest BCUT2D eigenvalue weighted by Gasteiger charge is 2.25. The molecule has 1 rings (SSSR count). The monoisotopic (exact) mass is 269 g/mol. The predicted molar refractivity (Wildman–Crippen MR) is 81.1 cm³/mol. The molecule has 0 aromatic heterocycles. The lowest BCUT2D eigenvalue weighted by molar-refractivity contribution is 0.270. The average Bonchev–Trinajstić information content (AvgIpc) is 2.30. The number of nitrogens with zero attached hydrogens (tertiary/aromatic N) is 1. The van der Waals surface area contributed by atoms with Crippen molar-refractivity contribution in [3.63, 3.8) is 0 Å². The third kappa shape index (κ3) is 4.20. The van der Waals surface area contributed by atoms with E-state index in [0.29, 0.717) is 5.92 Å². The van der Waals surface area contributed by atoms with Gasteiger partial charge in [-0.25, -0.2) is 4.39 Å². The highest BCUT2D eigenvalue weighted by atomic mass is 32.1. The van der Waals surface area contributed by atoms with Crippen LogP contribution in [0.2, 0.25) is 0 Å². The van der Waals surface area contributed by atoms with Crippen molar-refractivity contribution in [2.75, 3.05) is 23.7 Å². The van der Waals surface area contributed by atoms with Gasteiger partial charge in [-0.3, -0.25) is 0 Å². The van der Waals surface area contributed by atoms with Crippen LogP contribution in [0, 0.1) is 17.2 Å². The maximum Gasteiger partial charge on any atom is 0.123 e. The fourth-order valence-electron chi connectivity index (χ4n) is 1.94. The molecule has 0 aliphatic heterocycles. The first-order valence-electron chi connectivity index (χ1n) is 6.49. The van der Waals surface area contributed by atoms with Crippen LogP contribution in [0.3, 0.4) is 0 Å². The van der Waals surface area contributed by atoms with Gasteiger partial charge in [-0.15, -0.1) is 0 Å². The van der Waals surface area contributed by atoms with E-state index in [9.17, 15) is 4.39 Å². The predicted octanol–water partition coefficient (Wildman–Crippen LogP) is 4.24. The van der Waals surface area contributed by atoms with Crippen molar-refractivity contribution < 1.29 is 4.39 Å². The van der Waals surface area contributed by atoms with E-state index in [1.807, 2.05) is 12.1 Å². The summed E-state index contributed by atoms with van der Waals surface area (Å²) < 4.78 is 12.9. The molecule has 1 aromatic rings. The molecule has 1 aromatic carbocycles. The molecular formula is C15H24FNS. The molecule has 0 spiro atoms. The van der Waals surface area contributed by atoms with Gasteiger partial charge >= 0.3 is 0 Å². The van der Waals surface area contributed by atoms with Gasteiger partial charge in [0.25, 0.3) is 0 Å². The second-order valence-corrected chi connectivity index (χ2v) is 6.13. The molecule has 3 heteroatoms. The van der Waals surface area contributed by atoms with Crippen LogP contribution in [0.1, 0.15) is 27.7 Å². The van der Waals surface area contributed by atoms with E-state index in [-0.39, 0.29) is 11.2 Å². The number of rotatable bonds is 5. The van der Waals surface area contributed by atoms with Crippen molar-refractivity contribution in [3.8, 4) is 0 Å². The van der Waals surface area contributed by atoms with E-state index < -0.39 is 0 Å². The normalized spacial score (nSPS) is 13.4. The fraction of sp³-hybridized carbons (Fsp3) is 0.600. The van der Waals surface area contributed by atoms with Gasteiger partial charge in [0.05, 0.1) is 0 Å². The van der Waals surface area contributed by atoms with Crippen molar-refractivity contribution in [2.24, 2.45) is 11.3 Å². The first kappa shape index (κ1) is 15.4. The Bertz CT molecular complexity index is 356. The van der Waals surface area contributed by atoms with E-state index in [2.05, 4.69) is 45.2 Å². The maximum atomic E-state index is 12.9. The van der Waals surface area contributed by atoms with Crippen LogP contribution in [0.25, 0.3) is 0 Å². The van der Waals surface area contributed by atoms with Crippen LogP contribution in [0.4, 0.5) is 10.1 Å². The molecule has 0 saturated heterocycles. The molecular weight excluding hydrogens is 245 g/mol. The highest BCUT2D eigenvalue weighted by Crippen LogP contribution is 2.29. The molecule has 1 atom stereocenters. The molecule has 0 amide bonds. The van der Waals surface area contributed by atoms with Crippen LogP contribution in [0.5, 0.6) is 0 Å². The van der Waals surface area contributed by atoms with Gasteiger partial charge in [-0.05, 0) is 48.3 Å². The van der Waals surface area contributed by atoms with Gasteiger partial charge in [0.1, 0.15) is 5.82 Å². The molecule has 0 fully saturated rings. The average molecular weight is 269 g/mol. The van der Waals surface area contributed by atoms with Crippen molar-refractivity contribution in [1.82, 2.24) is 0 Å². The lowest BCUT2D eigenvalue weighted by Gasteiger charge is -2.35. The smallest absolute Gasteiger partial charge is 0.123 e. The van der Waals surface area contributed by atoms with Gasteiger partial charge in [-0.2, -0.15) is 12.6 Å². The summed E-state index contributed by atoms with van der Waals surface area (Å²) in [5.41, 5.74) is 1.31. The standard InChI is InChI=1S/C15H24FNS/c1-5-17(10-12(11-18)15(2,3)4)14-8-6-13(16)7-9-14/h6-9,12,18H,5,10-11H2,1-4H3. The van der Waals surface area contributed by atoms with Crippen molar-refractivity contribution >= 4 is 18.3 Å². The lowest BCUT2D eigenvalue weighted by Crippen LogP contribution is -2.36. The molecule has 0 saturated carbocycles. The Labute approximate surface area is 116 Å². The summed E-state index contributed by atoms with van der Waals surface area (Å²) in [7, 11) is 0. The second kappa shape index (κ2) is 6.46. The zero-order valence-electron chi connectivity index (χ0n) is 11.8. The second-order valence-electron chi connectivity index (χ2n) is 5.76. The zero-order chi connectivity index (χ0) is 13.8. The Balaban J connectivity index is 2.81. The number of anilines is 1. The summed E-state index contributed by atoms with van der Waals surface area (Å²) >= 11 is 4.46. The van der Waals surface area contributed by atoms with Gasteiger partial charge in [-0.1, -0.05) is 20.8 Å². The van der Waals surface area contributed by atoms with Crippen LogP contribution in [0.15, 0.2) is 24.3 Å². The van der Waals surface area contributed by atoms with Crippen LogP contribution >= 0.6 is 12.6 Å². The topological polar surface area (TPSA) is 3.24 Å². The number of hydrogen-bond donors (Lipinski definition) is 1. The molecule has 0 N–H and O–H groups in total. The van der Waals surface area contributed by atoms with E-state index in [0.717, 1.165) is 24.5 Å². The molecule has 18 heavy (non-hydrogen) atoms. The molecule has 0 aliphatic rings. The number of hydrogen-bond acceptors (Lipinski definition) is 2. The molecule has 0 aliphatic carbocycles. The maximum absolute atomic E-state index is 12.9. The Morgan fingerprint density at radius 3 is 2.17 bits per heavy atom. The van der Waals surface area contributed by atoms with Crippen LogP contribution in [-0.2, 0) is 0 Å². The summed E-state index contributed by atoms with van der Waals surface area (Å²) in [5, 5.41) is 0. The van der Waals surface area contributed by atoms with Gasteiger partial charge in [0, 0.05) is 18.8 Å². The van der Waals surface area contributed by atoms with Crippen molar-refractivity contribution in [2.45, 2.75) is 27.7 Å². The van der Waals surface area contributed by atoms with Crippen LogP contribution in [-0.4, -0.2) is 18.8 Å². The summed E-state index contributed by atoms with van der Waals surface area (Å²) in [5.74, 6) is 1.18. The fourth-order valence-corrected chi connectivity index (χ4v) is 2.60. The minimum Gasteiger partial charge on any atom is -0.371 e.